The van der Waals surface area contributed by atoms with E-state index in [0.29, 0.717) is 0 Å². The Labute approximate surface area is 78.9 Å². The van der Waals surface area contributed by atoms with Gasteiger partial charge in [-0.3, -0.25) is 0 Å². The van der Waals surface area contributed by atoms with Crippen molar-refractivity contribution >= 4 is 11.8 Å². The standard InChI is InChI=1S/C9H18N2S/c1-11(7-9(10)3-4-9)8-2-5-12-6-8/h8H,2-7,10H2,1H3. The van der Waals surface area contributed by atoms with Crippen molar-refractivity contribution in [1.82, 2.24) is 4.90 Å². The van der Waals surface area contributed by atoms with Gasteiger partial charge in [-0.05, 0) is 32.1 Å². The third kappa shape index (κ3) is 1.95. The minimum absolute atomic E-state index is 0.196. The van der Waals surface area contributed by atoms with Crippen LogP contribution in [0.25, 0.3) is 0 Å². The number of rotatable bonds is 3. The van der Waals surface area contributed by atoms with Gasteiger partial charge in [0.15, 0.2) is 0 Å². The van der Waals surface area contributed by atoms with Crippen LogP contribution in [0.2, 0.25) is 0 Å². The molecule has 2 rings (SSSR count). The van der Waals surface area contributed by atoms with Crippen LogP contribution in [0.4, 0.5) is 0 Å². The van der Waals surface area contributed by atoms with E-state index in [4.69, 9.17) is 5.73 Å². The number of nitrogens with two attached hydrogens (primary N) is 1. The maximum absolute atomic E-state index is 6.07. The van der Waals surface area contributed by atoms with Crippen LogP contribution in [-0.2, 0) is 0 Å². The van der Waals surface area contributed by atoms with Gasteiger partial charge in [-0.15, -0.1) is 0 Å². The molecule has 1 atom stereocenters. The molecular weight excluding hydrogens is 168 g/mol. The summed E-state index contributed by atoms with van der Waals surface area (Å²) in [5.41, 5.74) is 6.26. The Bertz CT molecular complexity index is 162. The summed E-state index contributed by atoms with van der Waals surface area (Å²) in [6, 6.07) is 0.802. The molecule has 1 aliphatic carbocycles. The lowest BCUT2D eigenvalue weighted by atomic mass is 10.2. The fourth-order valence-electron chi connectivity index (χ4n) is 1.81. The Balaban J connectivity index is 1.79. The van der Waals surface area contributed by atoms with Crippen molar-refractivity contribution in [2.24, 2.45) is 5.73 Å². The van der Waals surface area contributed by atoms with Crippen LogP contribution in [-0.4, -0.2) is 41.6 Å². The second-order valence-electron chi connectivity index (χ2n) is 4.29. The van der Waals surface area contributed by atoms with E-state index in [1.54, 1.807) is 0 Å². The third-order valence-corrected chi connectivity index (χ3v) is 4.13. The Morgan fingerprint density at radius 2 is 2.33 bits per heavy atom. The average Bonchev–Trinajstić information content (AvgIpc) is 2.55. The minimum Gasteiger partial charge on any atom is -0.324 e. The van der Waals surface area contributed by atoms with Gasteiger partial charge in [-0.25, -0.2) is 0 Å². The molecule has 0 radical (unpaired) electrons. The summed E-state index contributed by atoms with van der Waals surface area (Å²) in [6.45, 7) is 1.11. The summed E-state index contributed by atoms with van der Waals surface area (Å²) in [6.07, 6.45) is 3.83. The van der Waals surface area contributed by atoms with E-state index in [-0.39, 0.29) is 5.54 Å². The molecule has 2 N–H and O–H groups in total. The normalized spacial score (nSPS) is 32.8. The van der Waals surface area contributed by atoms with Crippen LogP contribution >= 0.6 is 11.8 Å². The van der Waals surface area contributed by atoms with Gasteiger partial charge < -0.3 is 10.6 Å². The highest BCUT2D eigenvalue weighted by Gasteiger charge is 2.40. The first-order chi connectivity index (χ1) is 5.70. The Morgan fingerprint density at radius 1 is 1.58 bits per heavy atom. The molecular formula is C9H18N2S. The highest BCUT2D eigenvalue weighted by Crippen LogP contribution is 2.34. The van der Waals surface area contributed by atoms with Crippen molar-refractivity contribution in [3.8, 4) is 0 Å². The quantitative estimate of drug-likeness (QED) is 0.710. The van der Waals surface area contributed by atoms with E-state index in [0.717, 1.165) is 12.6 Å². The second kappa shape index (κ2) is 3.20. The van der Waals surface area contributed by atoms with E-state index >= 15 is 0 Å². The molecule has 0 aromatic rings. The van der Waals surface area contributed by atoms with Crippen LogP contribution in [0.5, 0.6) is 0 Å². The van der Waals surface area contributed by atoms with Crippen molar-refractivity contribution in [1.29, 1.82) is 0 Å². The number of hydrogen-bond acceptors (Lipinski definition) is 3. The van der Waals surface area contributed by atoms with E-state index in [2.05, 4.69) is 23.7 Å². The predicted molar refractivity (Wildman–Crippen MR) is 54.5 cm³/mol. The third-order valence-electron chi connectivity index (χ3n) is 2.99. The lowest BCUT2D eigenvalue weighted by Gasteiger charge is -2.26. The van der Waals surface area contributed by atoms with Crippen LogP contribution in [0.3, 0.4) is 0 Å². The Kier molecular flexibility index (Phi) is 2.36. The maximum Gasteiger partial charge on any atom is 0.0284 e. The van der Waals surface area contributed by atoms with Crippen LogP contribution in [0.15, 0.2) is 0 Å². The molecule has 0 spiro atoms. The number of thioether (sulfide) groups is 1. The van der Waals surface area contributed by atoms with Gasteiger partial charge in [0.25, 0.3) is 0 Å². The molecule has 0 bridgehead atoms. The molecule has 1 saturated carbocycles. The average molecular weight is 186 g/mol. The van der Waals surface area contributed by atoms with Crippen molar-refractivity contribution in [2.45, 2.75) is 30.8 Å². The summed E-state index contributed by atoms with van der Waals surface area (Å²) in [5.74, 6) is 2.65. The molecule has 0 aromatic carbocycles. The van der Waals surface area contributed by atoms with E-state index in [9.17, 15) is 0 Å². The number of nitrogens with zero attached hydrogens (tertiary/aromatic N) is 1. The first-order valence-electron chi connectivity index (χ1n) is 4.76. The van der Waals surface area contributed by atoms with Crippen molar-refractivity contribution in [2.75, 3.05) is 25.1 Å². The Morgan fingerprint density at radius 3 is 2.83 bits per heavy atom. The SMILES string of the molecule is CN(CC1(N)CC1)C1CCSC1. The molecule has 3 heteroatoms. The highest BCUT2D eigenvalue weighted by molar-refractivity contribution is 7.99. The summed E-state index contributed by atoms with van der Waals surface area (Å²) >= 11 is 2.07. The van der Waals surface area contributed by atoms with Crippen LogP contribution < -0.4 is 5.73 Å². The lowest BCUT2D eigenvalue weighted by Crippen LogP contribution is -2.42. The summed E-state index contributed by atoms with van der Waals surface area (Å²) in [5, 5.41) is 0. The summed E-state index contributed by atoms with van der Waals surface area (Å²) in [7, 11) is 2.23. The molecule has 2 nitrogen and oxygen atoms in total. The molecule has 1 heterocycles. The summed E-state index contributed by atoms with van der Waals surface area (Å²) in [4.78, 5) is 2.47. The topological polar surface area (TPSA) is 29.3 Å². The zero-order valence-electron chi connectivity index (χ0n) is 7.75. The molecule has 12 heavy (non-hydrogen) atoms. The molecule has 2 aliphatic rings. The highest BCUT2D eigenvalue weighted by atomic mass is 32.2. The van der Waals surface area contributed by atoms with Gasteiger partial charge in [0.2, 0.25) is 0 Å². The van der Waals surface area contributed by atoms with Crippen LogP contribution in [0, 0.1) is 0 Å². The van der Waals surface area contributed by atoms with E-state index in [1.165, 1.54) is 30.8 Å². The van der Waals surface area contributed by atoms with Gasteiger partial charge in [0, 0.05) is 23.9 Å². The van der Waals surface area contributed by atoms with Gasteiger partial charge in [0.05, 0.1) is 0 Å². The second-order valence-corrected chi connectivity index (χ2v) is 5.44. The predicted octanol–water partition coefficient (Wildman–Crippen LogP) is 0.915. The number of hydrogen-bond donors (Lipinski definition) is 1. The van der Waals surface area contributed by atoms with E-state index in [1.807, 2.05) is 0 Å². The molecule has 1 saturated heterocycles. The van der Waals surface area contributed by atoms with Crippen molar-refractivity contribution < 1.29 is 0 Å². The molecule has 0 amide bonds. The minimum atomic E-state index is 0.196. The van der Waals surface area contributed by atoms with Crippen molar-refractivity contribution in [3.63, 3.8) is 0 Å². The molecule has 70 valence electrons. The lowest BCUT2D eigenvalue weighted by molar-refractivity contribution is 0.240. The fourth-order valence-corrected chi connectivity index (χ4v) is 3.11. The fraction of sp³-hybridized carbons (Fsp3) is 1.00. The maximum atomic E-state index is 6.07. The molecule has 1 unspecified atom stereocenters. The van der Waals surface area contributed by atoms with Crippen LogP contribution in [0.1, 0.15) is 19.3 Å². The smallest absolute Gasteiger partial charge is 0.0284 e. The zero-order valence-corrected chi connectivity index (χ0v) is 8.57. The van der Waals surface area contributed by atoms with Gasteiger partial charge >= 0.3 is 0 Å². The van der Waals surface area contributed by atoms with Gasteiger partial charge in [-0.2, -0.15) is 11.8 Å². The van der Waals surface area contributed by atoms with Crippen molar-refractivity contribution in [3.05, 3.63) is 0 Å². The molecule has 0 aromatic heterocycles. The Hall–Kier alpha value is 0.270. The van der Waals surface area contributed by atoms with Gasteiger partial charge in [0.1, 0.15) is 0 Å². The molecule has 1 aliphatic heterocycles. The number of likely N-dealkylation sites (N-methyl/N-ethyl adjacent to an activating group) is 1. The monoisotopic (exact) mass is 186 g/mol. The largest absolute Gasteiger partial charge is 0.324 e. The first kappa shape index (κ1) is 8.85. The van der Waals surface area contributed by atoms with E-state index < -0.39 is 0 Å². The van der Waals surface area contributed by atoms with Gasteiger partial charge in [-0.1, -0.05) is 0 Å². The first-order valence-corrected chi connectivity index (χ1v) is 5.92. The summed E-state index contributed by atoms with van der Waals surface area (Å²) < 4.78 is 0. The molecule has 2 fully saturated rings. The zero-order chi connectivity index (χ0) is 8.60.